The molecule has 0 spiro atoms. The molecule has 0 saturated carbocycles. The Morgan fingerprint density at radius 2 is 1.74 bits per heavy atom. The van der Waals surface area contributed by atoms with Crippen molar-refractivity contribution >= 4 is 23.3 Å². The van der Waals surface area contributed by atoms with Crippen LogP contribution in [0.5, 0.6) is 0 Å². The molecular weight excluding hydrogens is 362 g/mol. The summed E-state index contributed by atoms with van der Waals surface area (Å²) in [6, 6.07) is 15.4. The summed E-state index contributed by atoms with van der Waals surface area (Å²) < 4.78 is 1.85. The number of nitrogens with one attached hydrogen (secondary N) is 1. The Balaban J connectivity index is 1.64. The molecule has 0 unspecified atom stereocenters. The van der Waals surface area contributed by atoms with Gasteiger partial charge < -0.3 is 5.32 Å². The van der Waals surface area contributed by atoms with Crippen molar-refractivity contribution in [3.05, 3.63) is 88.2 Å². The molecule has 0 bridgehead atoms. The van der Waals surface area contributed by atoms with Crippen LogP contribution < -0.4 is 5.32 Å². The maximum Gasteiger partial charge on any atom is 0.252 e. The SMILES string of the molecule is Cc1ccn(CCCNC(=O)c2ccccc2C(=O)c2ccc(Cl)cc2)n1. The van der Waals surface area contributed by atoms with E-state index >= 15 is 0 Å². The van der Waals surface area contributed by atoms with Gasteiger partial charge in [-0.2, -0.15) is 5.10 Å². The van der Waals surface area contributed by atoms with Crippen LogP contribution in [0.3, 0.4) is 0 Å². The van der Waals surface area contributed by atoms with Gasteiger partial charge in [-0.3, -0.25) is 14.3 Å². The van der Waals surface area contributed by atoms with Crippen molar-refractivity contribution in [3.63, 3.8) is 0 Å². The number of nitrogens with zero attached hydrogens (tertiary/aromatic N) is 2. The molecule has 6 heteroatoms. The molecule has 0 aliphatic heterocycles. The topological polar surface area (TPSA) is 64.0 Å². The Bertz CT molecular complexity index is 948. The second-order valence-corrected chi connectivity index (χ2v) is 6.65. The lowest BCUT2D eigenvalue weighted by Gasteiger charge is -2.10. The number of carbonyl (C=O) groups is 2. The van der Waals surface area contributed by atoms with Crippen molar-refractivity contribution in [2.24, 2.45) is 0 Å². The van der Waals surface area contributed by atoms with E-state index in [0.717, 1.165) is 18.7 Å². The minimum atomic E-state index is -0.260. The fourth-order valence-electron chi connectivity index (χ4n) is 2.76. The van der Waals surface area contributed by atoms with Crippen molar-refractivity contribution in [3.8, 4) is 0 Å². The number of hydrogen-bond acceptors (Lipinski definition) is 3. The Labute approximate surface area is 163 Å². The van der Waals surface area contributed by atoms with Crippen molar-refractivity contribution in [1.29, 1.82) is 0 Å². The number of halogens is 1. The first-order chi connectivity index (χ1) is 13.0. The standard InChI is InChI=1S/C21H20ClN3O2/c1-15-11-14-25(24-15)13-4-12-23-21(27)19-6-3-2-5-18(19)20(26)16-7-9-17(22)10-8-16/h2-3,5-11,14H,4,12-13H2,1H3,(H,23,27). The van der Waals surface area contributed by atoms with Crippen molar-refractivity contribution in [2.75, 3.05) is 6.54 Å². The van der Waals surface area contributed by atoms with Gasteiger partial charge in [-0.15, -0.1) is 0 Å². The highest BCUT2D eigenvalue weighted by Crippen LogP contribution is 2.17. The number of hydrogen-bond donors (Lipinski definition) is 1. The lowest BCUT2D eigenvalue weighted by atomic mass is 9.98. The summed E-state index contributed by atoms with van der Waals surface area (Å²) in [7, 11) is 0. The molecule has 0 radical (unpaired) electrons. The average Bonchev–Trinajstić information content (AvgIpc) is 3.10. The van der Waals surface area contributed by atoms with Crippen LogP contribution in [0.4, 0.5) is 0 Å². The molecule has 3 rings (SSSR count). The Morgan fingerprint density at radius 3 is 2.41 bits per heavy atom. The minimum absolute atomic E-state index is 0.204. The summed E-state index contributed by atoms with van der Waals surface area (Å²) in [6.45, 7) is 3.16. The number of amides is 1. The second kappa shape index (κ2) is 8.64. The summed E-state index contributed by atoms with van der Waals surface area (Å²) in [5.41, 5.74) is 2.20. The molecule has 5 nitrogen and oxygen atoms in total. The Kier molecular flexibility index (Phi) is 6.04. The van der Waals surface area contributed by atoms with Crippen LogP contribution in [0.25, 0.3) is 0 Å². The first kappa shape index (κ1) is 18.9. The van der Waals surface area contributed by atoms with Gasteiger partial charge in [-0.1, -0.05) is 29.8 Å². The van der Waals surface area contributed by atoms with E-state index < -0.39 is 0 Å². The predicted molar refractivity (Wildman–Crippen MR) is 105 cm³/mol. The quantitative estimate of drug-likeness (QED) is 0.498. The van der Waals surface area contributed by atoms with Gasteiger partial charge in [0.25, 0.3) is 5.91 Å². The smallest absolute Gasteiger partial charge is 0.252 e. The monoisotopic (exact) mass is 381 g/mol. The number of carbonyl (C=O) groups excluding carboxylic acids is 2. The van der Waals surface area contributed by atoms with E-state index in [2.05, 4.69) is 10.4 Å². The Hall–Kier alpha value is -2.92. The van der Waals surface area contributed by atoms with E-state index in [1.54, 1.807) is 48.5 Å². The van der Waals surface area contributed by atoms with Crippen LogP contribution in [-0.4, -0.2) is 28.0 Å². The molecular formula is C21H20ClN3O2. The van der Waals surface area contributed by atoms with Gasteiger partial charge in [-0.05, 0) is 49.7 Å². The highest BCUT2D eigenvalue weighted by molar-refractivity contribution is 6.30. The van der Waals surface area contributed by atoms with Crippen LogP contribution in [0, 0.1) is 6.92 Å². The third-order valence-electron chi connectivity index (χ3n) is 4.15. The Morgan fingerprint density at radius 1 is 1.04 bits per heavy atom. The summed E-state index contributed by atoms with van der Waals surface area (Å²) >= 11 is 5.88. The van der Waals surface area contributed by atoms with Gasteiger partial charge in [0.05, 0.1) is 11.3 Å². The third-order valence-corrected chi connectivity index (χ3v) is 4.40. The van der Waals surface area contributed by atoms with Gasteiger partial charge in [0.2, 0.25) is 0 Å². The number of rotatable bonds is 7. The first-order valence-corrected chi connectivity index (χ1v) is 9.10. The van der Waals surface area contributed by atoms with E-state index in [9.17, 15) is 9.59 Å². The van der Waals surface area contributed by atoms with E-state index in [1.807, 2.05) is 23.9 Å². The van der Waals surface area contributed by atoms with E-state index in [-0.39, 0.29) is 11.7 Å². The van der Waals surface area contributed by atoms with Gasteiger partial charge in [0.15, 0.2) is 5.78 Å². The summed E-state index contributed by atoms with van der Waals surface area (Å²) in [4.78, 5) is 25.3. The molecule has 1 N–H and O–H groups in total. The van der Waals surface area contributed by atoms with E-state index in [0.29, 0.717) is 28.3 Å². The lowest BCUT2D eigenvalue weighted by molar-refractivity contribution is 0.0941. The molecule has 1 amide bonds. The molecule has 0 aliphatic rings. The molecule has 27 heavy (non-hydrogen) atoms. The number of aryl methyl sites for hydroxylation is 2. The van der Waals surface area contributed by atoms with Gasteiger partial charge in [-0.25, -0.2) is 0 Å². The maximum absolute atomic E-state index is 12.8. The van der Waals surface area contributed by atoms with Gasteiger partial charge in [0.1, 0.15) is 0 Å². The lowest BCUT2D eigenvalue weighted by Crippen LogP contribution is -2.27. The summed E-state index contributed by atoms with van der Waals surface area (Å²) in [5, 5.41) is 7.75. The van der Waals surface area contributed by atoms with Crippen molar-refractivity contribution in [2.45, 2.75) is 19.9 Å². The van der Waals surface area contributed by atoms with Crippen LogP contribution >= 0.6 is 11.6 Å². The number of aromatic nitrogens is 2. The molecule has 0 saturated heterocycles. The fourth-order valence-corrected chi connectivity index (χ4v) is 2.89. The average molecular weight is 382 g/mol. The first-order valence-electron chi connectivity index (χ1n) is 8.72. The zero-order chi connectivity index (χ0) is 19.2. The minimum Gasteiger partial charge on any atom is -0.352 e. The van der Waals surface area contributed by atoms with Crippen LogP contribution in [0.2, 0.25) is 5.02 Å². The van der Waals surface area contributed by atoms with Crippen molar-refractivity contribution in [1.82, 2.24) is 15.1 Å². The molecule has 138 valence electrons. The largest absolute Gasteiger partial charge is 0.352 e. The highest BCUT2D eigenvalue weighted by Gasteiger charge is 2.17. The fraction of sp³-hybridized carbons (Fsp3) is 0.190. The van der Waals surface area contributed by atoms with E-state index in [4.69, 9.17) is 11.6 Å². The molecule has 1 heterocycles. The van der Waals surface area contributed by atoms with Crippen LogP contribution in [0.1, 0.15) is 38.4 Å². The van der Waals surface area contributed by atoms with Crippen molar-refractivity contribution < 1.29 is 9.59 Å². The summed E-state index contributed by atoms with van der Waals surface area (Å²) in [5.74, 6) is -0.464. The molecule has 2 aromatic carbocycles. The zero-order valence-corrected chi connectivity index (χ0v) is 15.7. The zero-order valence-electron chi connectivity index (χ0n) is 15.0. The molecule has 0 aliphatic carbocycles. The molecule has 0 fully saturated rings. The van der Waals surface area contributed by atoms with Crippen LogP contribution in [0.15, 0.2) is 60.8 Å². The number of benzene rings is 2. The molecule has 1 aromatic heterocycles. The maximum atomic E-state index is 12.8. The number of ketones is 1. The second-order valence-electron chi connectivity index (χ2n) is 6.21. The third kappa shape index (κ3) is 4.83. The van der Waals surface area contributed by atoms with Gasteiger partial charge >= 0.3 is 0 Å². The highest BCUT2D eigenvalue weighted by atomic mass is 35.5. The summed E-state index contributed by atoms with van der Waals surface area (Å²) in [6.07, 6.45) is 2.66. The normalized spacial score (nSPS) is 10.6. The van der Waals surface area contributed by atoms with Crippen LogP contribution in [-0.2, 0) is 6.54 Å². The van der Waals surface area contributed by atoms with Gasteiger partial charge in [0, 0.05) is 35.4 Å². The predicted octanol–water partition coefficient (Wildman–Crippen LogP) is 3.90. The molecule has 3 aromatic rings. The van der Waals surface area contributed by atoms with E-state index in [1.165, 1.54) is 0 Å². The molecule has 0 atom stereocenters.